The van der Waals surface area contributed by atoms with Gasteiger partial charge in [-0.15, -0.1) is 28.7 Å². The van der Waals surface area contributed by atoms with Crippen LogP contribution in [-0.4, -0.2) is 35.7 Å². The Hall–Kier alpha value is -2.77. The average Bonchev–Trinajstić information content (AvgIpc) is 3.29. The minimum absolute atomic E-state index is 0.0585. The number of hydrogen-bond acceptors (Lipinski definition) is 6. The second kappa shape index (κ2) is 10.1. The summed E-state index contributed by atoms with van der Waals surface area (Å²) >= 11 is 0. The SMILES string of the molecule is CNS(=O)(=O)c1ccc(Nc2ccc(C(C)(P)P)cc2)c(-c2nnn(Cc3ccccc3F)n2)c1. The Morgan fingerprint density at radius 3 is 2.43 bits per heavy atom. The van der Waals surface area contributed by atoms with Crippen LogP contribution in [0.1, 0.15) is 18.1 Å². The number of halogens is 1. The topological polar surface area (TPSA) is 102 Å². The van der Waals surface area contributed by atoms with Crippen LogP contribution in [0, 0.1) is 5.82 Å². The third kappa shape index (κ3) is 5.90. The summed E-state index contributed by atoms with van der Waals surface area (Å²) in [4.78, 5) is 1.18. The molecule has 0 aliphatic rings. The molecular weight excluding hydrogens is 505 g/mol. The number of nitrogens with one attached hydrogen (secondary N) is 2. The van der Waals surface area contributed by atoms with Gasteiger partial charge in [0.1, 0.15) is 5.82 Å². The monoisotopic (exact) mass is 530 g/mol. The summed E-state index contributed by atoms with van der Waals surface area (Å²) in [5.74, 6) is -0.164. The lowest BCUT2D eigenvalue weighted by atomic mass is 10.1. The molecule has 12 heteroatoms. The standard InChI is InChI=1S/C23H25FN6O2P2S/c1-23(33,34)16-7-9-17(10-8-16)26-21-12-11-18(35(31,32)25-2)13-19(21)22-27-29-30(28-22)14-15-5-3-4-6-20(15)24/h3-13,25-26H,14,33-34H2,1-2H3. The highest BCUT2D eigenvalue weighted by atomic mass is 32.2. The predicted molar refractivity (Wildman–Crippen MR) is 141 cm³/mol. The zero-order valence-corrected chi connectivity index (χ0v) is 22.2. The Bertz CT molecular complexity index is 1450. The smallest absolute Gasteiger partial charge is 0.240 e. The molecule has 0 spiro atoms. The molecule has 1 heterocycles. The number of aromatic nitrogens is 4. The van der Waals surface area contributed by atoms with Gasteiger partial charge in [-0.25, -0.2) is 17.5 Å². The molecule has 0 saturated carbocycles. The Balaban J connectivity index is 1.71. The number of sulfonamides is 1. The first-order valence-electron chi connectivity index (χ1n) is 10.6. The lowest BCUT2D eigenvalue weighted by molar-refractivity contribution is 0.539. The van der Waals surface area contributed by atoms with Gasteiger partial charge in [-0.3, -0.25) is 0 Å². The van der Waals surface area contributed by atoms with Crippen molar-refractivity contribution < 1.29 is 12.8 Å². The highest BCUT2D eigenvalue weighted by molar-refractivity contribution is 7.89. The summed E-state index contributed by atoms with van der Waals surface area (Å²) in [6.07, 6.45) is 0. The maximum Gasteiger partial charge on any atom is 0.240 e. The van der Waals surface area contributed by atoms with Crippen molar-refractivity contribution in [2.24, 2.45) is 0 Å². The van der Waals surface area contributed by atoms with Crippen molar-refractivity contribution in [3.05, 3.63) is 83.7 Å². The molecule has 4 aromatic rings. The number of tetrazole rings is 1. The molecule has 35 heavy (non-hydrogen) atoms. The molecule has 182 valence electrons. The Morgan fingerprint density at radius 2 is 1.77 bits per heavy atom. The first-order valence-corrected chi connectivity index (χ1v) is 13.2. The lowest BCUT2D eigenvalue weighted by Crippen LogP contribution is -2.18. The first-order chi connectivity index (χ1) is 16.6. The summed E-state index contributed by atoms with van der Waals surface area (Å²) in [5, 5.41) is 15.8. The molecule has 0 fully saturated rings. The Kier molecular flexibility index (Phi) is 7.29. The Morgan fingerprint density at radius 1 is 1.06 bits per heavy atom. The Labute approximate surface area is 208 Å². The van der Waals surface area contributed by atoms with Crippen molar-refractivity contribution in [2.75, 3.05) is 12.4 Å². The van der Waals surface area contributed by atoms with Crippen LogP contribution in [0.2, 0.25) is 0 Å². The van der Waals surface area contributed by atoms with Crippen LogP contribution in [0.15, 0.2) is 71.6 Å². The van der Waals surface area contributed by atoms with Gasteiger partial charge in [0.25, 0.3) is 0 Å². The van der Waals surface area contributed by atoms with Crippen molar-refractivity contribution in [2.45, 2.75) is 23.3 Å². The summed E-state index contributed by atoms with van der Waals surface area (Å²) in [5.41, 5.74) is 3.37. The molecule has 2 atom stereocenters. The van der Waals surface area contributed by atoms with E-state index < -0.39 is 10.0 Å². The molecule has 1 aromatic heterocycles. The van der Waals surface area contributed by atoms with E-state index in [-0.39, 0.29) is 28.0 Å². The van der Waals surface area contributed by atoms with Crippen LogP contribution < -0.4 is 10.0 Å². The molecular formula is C23H25FN6O2P2S. The minimum atomic E-state index is -3.70. The largest absolute Gasteiger partial charge is 0.355 e. The molecule has 2 N–H and O–H groups in total. The molecule has 4 rings (SSSR count). The molecule has 0 bridgehead atoms. The van der Waals surface area contributed by atoms with Crippen LogP contribution in [0.4, 0.5) is 15.8 Å². The summed E-state index contributed by atoms with van der Waals surface area (Å²) in [6, 6.07) is 18.9. The van der Waals surface area contributed by atoms with Crippen molar-refractivity contribution in [3.63, 3.8) is 0 Å². The summed E-state index contributed by atoms with van der Waals surface area (Å²) < 4.78 is 41.2. The van der Waals surface area contributed by atoms with Gasteiger partial charge in [-0.1, -0.05) is 30.3 Å². The fourth-order valence-electron chi connectivity index (χ4n) is 3.37. The third-order valence-corrected chi connectivity index (χ3v) is 7.40. The van der Waals surface area contributed by atoms with Crippen LogP contribution in [0.3, 0.4) is 0 Å². The summed E-state index contributed by atoms with van der Waals surface area (Å²) in [7, 11) is 3.20. The number of hydrogen-bond donors (Lipinski definition) is 2. The zero-order chi connectivity index (χ0) is 25.2. The fourth-order valence-corrected chi connectivity index (χ4v) is 4.51. The van der Waals surface area contributed by atoms with E-state index in [1.165, 1.54) is 30.0 Å². The molecule has 0 amide bonds. The van der Waals surface area contributed by atoms with Gasteiger partial charge in [-0.2, -0.15) is 4.80 Å². The first kappa shape index (κ1) is 25.3. The number of nitrogens with zero attached hydrogens (tertiary/aromatic N) is 4. The molecule has 0 saturated heterocycles. The van der Waals surface area contributed by atoms with Gasteiger partial charge in [-0.05, 0) is 61.1 Å². The van der Waals surface area contributed by atoms with E-state index in [2.05, 4.69) is 50.9 Å². The van der Waals surface area contributed by atoms with E-state index in [0.717, 1.165) is 11.3 Å². The van der Waals surface area contributed by atoms with E-state index in [9.17, 15) is 12.8 Å². The molecule has 0 radical (unpaired) electrons. The molecule has 8 nitrogen and oxygen atoms in total. The van der Waals surface area contributed by atoms with Gasteiger partial charge in [0.2, 0.25) is 15.8 Å². The van der Waals surface area contributed by atoms with Crippen molar-refractivity contribution in [1.82, 2.24) is 24.9 Å². The fraction of sp³-hybridized carbons (Fsp3) is 0.174. The van der Waals surface area contributed by atoms with Crippen LogP contribution in [-0.2, 0) is 21.5 Å². The second-order valence-corrected chi connectivity index (χ2v) is 13.1. The normalized spacial score (nSPS) is 12.0. The van der Waals surface area contributed by atoms with Crippen LogP contribution in [0.25, 0.3) is 11.4 Å². The number of rotatable bonds is 8. The predicted octanol–water partition coefficient (Wildman–Crippen LogP) is 4.10. The maximum atomic E-state index is 14.1. The van der Waals surface area contributed by atoms with Crippen LogP contribution >= 0.6 is 18.5 Å². The van der Waals surface area contributed by atoms with Gasteiger partial charge in [0, 0.05) is 27.4 Å². The van der Waals surface area contributed by atoms with Crippen molar-refractivity contribution >= 4 is 39.9 Å². The van der Waals surface area contributed by atoms with E-state index in [1.54, 1.807) is 24.3 Å². The van der Waals surface area contributed by atoms with Gasteiger partial charge < -0.3 is 5.32 Å². The summed E-state index contributed by atoms with van der Waals surface area (Å²) in [6.45, 7) is 2.15. The van der Waals surface area contributed by atoms with E-state index in [4.69, 9.17) is 0 Å². The van der Waals surface area contributed by atoms with E-state index in [1.807, 2.05) is 24.3 Å². The highest BCUT2D eigenvalue weighted by Gasteiger charge is 2.19. The molecule has 0 aliphatic heterocycles. The van der Waals surface area contributed by atoms with Crippen molar-refractivity contribution in [1.29, 1.82) is 0 Å². The average molecular weight is 531 g/mol. The maximum absolute atomic E-state index is 14.1. The van der Waals surface area contributed by atoms with Gasteiger partial charge in [0.15, 0.2) is 0 Å². The number of benzene rings is 3. The number of anilines is 2. The molecule has 0 aliphatic carbocycles. The van der Waals surface area contributed by atoms with Crippen molar-refractivity contribution in [3.8, 4) is 11.4 Å². The second-order valence-electron chi connectivity index (χ2n) is 8.13. The van der Waals surface area contributed by atoms with Gasteiger partial charge in [0.05, 0.1) is 11.4 Å². The zero-order valence-electron chi connectivity index (χ0n) is 19.1. The quantitative estimate of drug-likeness (QED) is 0.333. The highest BCUT2D eigenvalue weighted by Crippen LogP contribution is 2.38. The minimum Gasteiger partial charge on any atom is -0.355 e. The van der Waals surface area contributed by atoms with E-state index >= 15 is 0 Å². The molecule has 3 aromatic carbocycles. The lowest BCUT2D eigenvalue weighted by Gasteiger charge is -2.19. The van der Waals surface area contributed by atoms with Crippen LogP contribution in [0.5, 0.6) is 0 Å². The van der Waals surface area contributed by atoms with E-state index in [0.29, 0.717) is 16.8 Å². The van der Waals surface area contributed by atoms with Gasteiger partial charge >= 0.3 is 0 Å². The molecule has 2 unspecified atom stereocenters. The third-order valence-electron chi connectivity index (χ3n) is 5.32.